The van der Waals surface area contributed by atoms with Gasteiger partial charge >= 0.3 is 0 Å². The number of aromatic nitrogens is 15. The topological polar surface area (TPSA) is 532 Å². The fraction of sp³-hybridized carbons (Fsp3) is 0.557. The van der Waals surface area contributed by atoms with Crippen molar-refractivity contribution in [2.75, 3.05) is 126 Å². The highest BCUT2D eigenvalue weighted by molar-refractivity contribution is 14.1. The predicted octanol–water partition coefficient (Wildman–Crippen LogP) is 7.16. The Kier molecular flexibility index (Phi) is 31.7. The van der Waals surface area contributed by atoms with Crippen LogP contribution in [0.25, 0.3) is 55.8 Å². The van der Waals surface area contributed by atoms with Gasteiger partial charge in [-0.2, -0.15) is 9.37 Å². The number of rotatable bonds is 23. The van der Waals surface area contributed by atoms with Crippen molar-refractivity contribution in [2.24, 2.45) is 0 Å². The number of aliphatic hydroxyl groups excluding tert-OH is 10. The molecule has 20 atom stereocenters. The fourth-order valence-electron chi connectivity index (χ4n) is 14.9. The van der Waals surface area contributed by atoms with Crippen molar-refractivity contribution in [3.8, 4) is 0 Å². The quantitative estimate of drug-likeness (QED) is 0.0223. The van der Waals surface area contributed by atoms with E-state index in [9.17, 15) is 55.5 Å². The van der Waals surface area contributed by atoms with E-state index in [2.05, 4.69) is 193 Å². The van der Waals surface area contributed by atoms with E-state index in [4.69, 9.17) is 64.0 Å². The normalized spacial score (nSPS) is 27.5. The van der Waals surface area contributed by atoms with Crippen molar-refractivity contribution >= 4 is 200 Å². The van der Waals surface area contributed by atoms with Crippen LogP contribution in [-0.2, 0) is 30.1 Å². The number of nitrogens with zero attached hydrogens (tertiary/aromatic N) is 15. The van der Waals surface area contributed by atoms with Crippen LogP contribution in [0.4, 0.5) is 32.8 Å². The van der Waals surface area contributed by atoms with Crippen molar-refractivity contribution in [1.29, 1.82) is 0 Å². The average Bonchev–Trinajstić information content (AvgIpc) is 1.69. The Balaban J connectivity index is 0.000000150. The zero-order valence-electron chi connectivity index (χ0n) is 70.9. The minimum Gasteiger partial charge on any atom is -0.397 e. The number of nitrogens with two attached hydrogens (primary N) is 5. The summed E-state index contributed by atoms with van der Waals surface area (Å²) < 4.78 is 52.8. The Bertz CT molecular complexity index is 5110. The summed E-state index contributed by atoms with van der Waals surface area (Å²) in [5.41, 5.74) is 36.5. The minimum atomic E-state index is -1.29. The molecule has 5 aliphatic rings. The number of nitrogen functional groups attached to an aromatic ring is 5. The highest BCUT2D eigenvalue weighted by Gasteiger charge is 2.50. The summed E-state index contributed by atoms with van der Waals surface area (Å²) in [6.45, 7) is 17.1. The minimum absolute atomic E-state index is 0.109. The summed E-state index contributed by atoms with van der Waals surface area (Å²) in [5, 5.41) is 104. The van der Waals surface area contributed by atoms with Crippen molar-refractivity contribution < 1.29 is 79.1 Å². The molecule has 5 fully saturated rings. The number of anilines is 5. The summed E-state index contributed by atoms with van der Waals surface area (Å²) in [6, 6.07) is 8.20. The van der Waals surface area contributed by atoms with Gasteiger partial charge in [-0.3, -0.25) is 22.8 Å². The fourth-order valence-corrected chi connectivity index (χ4v) is 21.3. The van der Waals surface area contributed by atoms with Crippen LogP contribution in [0, 0.1) is 9.91 Å². The van der Waals surface area contributed by atoms with Gasteiger partial charge in [-0.1, -0.05) is 13.3 Å². The zero-order chi connectivity index (χ0) is 90.4. The third kappa shape index (κ3) is 22.8. The molecule has 20 N–H and O–H groups in total. The van der Waals surface area contributed by atoms with Gasteiger partial charge < -0.3 is 103 Å². The summed E-state index contributed by atoms with van der Waals surface area (Å²) in [7, 11) is 0. The van der Waals surface area contributed by atoms with E-state index < -0.39 is 163 Å². The Morgan fingerprint density at radius 1 is 0.390 bits per heavy atom. The zero-order valence-corrected chi connectivity index (χ0v) is 79.9. The number of hydrogen-bond donors (Lipinski definition) is 15. The number of fused-ring (bicyclic) bond motifs is 5. The second-order valence-electron chi connectivity index (χ2n) is 35.3. The molecule has 5 aliphatic heterocycles. The number of pyridine rings is 5. The lowest BCUT2D eigenvalue weighted by atomic mass is 10.1. The maximum Gasteiger partial charge on any atom is 0.293 e. The first-order valence-electron chi connectivity index (χ1n) is 40.2. The molecule has 0 saturated carbocycles. The summed E-state index contributed by atoms with van der Waals surface area (Å²) in [5.74, 6) is 0.777. The van der Waals surface area contributed by atoms with Gasteiger partial charge in [0.2, 0.25) is 5.28 Å². The van der Waals surface area contributed by atoms with E-state index >= 15 is 0 Å². The third-order valence-electron chi connectivity index (χ3n) is 21.8. The summed E-state index contributed by atoms with van der Waals surface area (Å²) in [6.07, 6.45) is 20.8. The van der Waals surface area contributed by atoms with Crippen LogP contribution < -0.4 is 28.7 Å². The van der Waals surface area contributed by atoms with E-state index in [-0.39, 0.29) is 22.1 Å². The van der Waals surface area contributed by atoms with Gasteiger partial charge in [0.15, 0.2) is 67.9 Å². The third-order valence-corrected chi connectivity index (χ3v) is 30.7. The standard InChI is InChI=1S/C19H31N4O3P.C15H22BrN4O3P.C15H22ClN4O3P.C15H22FN4O3P.C15H22IN4O3P/c1-5-6-7-14-22-15-12(20)8-10-21-18(15)23(14)19-17(25)16(24)13(26-19)9-11-27(2,3)4;4*1-24(2,3)7-5-9-11(21)12(22)14(23-9)20-13-10(19-15(20)16)8(17)4-6-18-13/h8,10,13,16-17,19,24-25H,2,5-7,9,11H2,1,3-4H3,(H2,20,21);4*4,6,9,11-12,14,21-22H,1,5,7H2,2-3H3,(H2,17,18)/t13-,16-,17-,19?;4*9-,11-,12-,14?/m11111/s1. The van der Waals surface area contributed by atoms with Gasteiger partial charge in [0.25, 0.3) is 6.08 Å². The molecule has 0 amide bonds. The Hall–Kier alpha value is -5.57. The number of aliphatic hydroxyl groups is 10. The lowest BCUT2D eigenvalue weighted by molar-refractivity contribution is -0.0413. The van der Waals surface area contributed by atoms with Crippen LogP contribution in [0.3, 0.4) is 0 Å². The molecule has 44 heteroatoms. The molecule has 15 heterocycles. The molecule has 35 nitrogen and oxygen atoms in total. The first-order valence-corrected chi connectivity index (χ1v) is 57.7. The second kappa shape index (κ2) is 39.8. The molecule has 0 aromatic carbocycles. The van der Waals surface area contributed by atoms with Crippen molar-refractivity contribution in [3.05, 3.63) is 87.1 Å². The maximum absolute atomic E-state index is 14.3. The second-order valence-corrected chi connectivity index (χ2v) is 58.9. The van der Waals surface area contributed by atoms with Crippen molar-refractivity contribution in [2.45, 2.75) is 181 Å². The molecular weight excluding hydrogens is 1890 g/mol. The first kappa shape index (κ1) is 98.0. The Morgan fingerprint density at radius 2 is 0.650 bits per heavy atom. The number of aryl methyl sites for hydroxylation is 1. The van der Waals surface area contributed by atoms with Gasteiger partial charge in [0, 0.05) is 60.0 Å². The van der Waals surface area contributed by atoms with Crippen LogP contribution in [-0.4, -0.2) is 344 Å². The molecule has 0 radical (unpaired) electrons. The average molecular weight is 2010 g/mol. The smallest absolute Gasteiger partial charge is 0.293 e. The molecule has 0 spiro atoms. The number of imidazole rings is 5. The highest BCUT2D eigenvalue weighted by atomic mass is 127. The van der Waals surface area contributed by atoms with Crippen LogP contribution >= 0.6 is 84.6 Å². The van der Waals surface area contributed by atoms with E-state index in [0.29, 0.717) is 108 Å². The van der Waals surface area contributed by atoms with Crippen molar-refractivity contribution in [1.82, 2.24) is 72.7 Å². The van der Waals surface area contributed by atoms with Crippen LogP contribution in [0.1, 0.15) is 88.8 Å². The molecule has 678 valence electrons. The molecule has 5 unspecified atom stereocenters. The van der Waals surface area contributed by atoms with Gasteiger partial charge in [-0.25, -0.2) is 44.9 Å². The molecule has 123 heavy (non-hydrogen) atoms. The highest BCUT2D eigenvalue weighted by Crippen LogP contribution is 2.47. The van der Waals surface area contributed by atoms with Gasteiger partial charge in [-0.15, -0.1) is 65.9 Å². The van der Waals surface area contributed by atoms with E-state index in [0.717, 1.165) is 60.5 Å². The SMILES string of the molecule is C=P(C)(C)CC[C@H]1OC(n2c(Br)nc3c(N)ccnc32)[C@H](O)[C@@H]1O.C=P(C)(C)CC[C@H]1OC(n2c(CCCC)nc3c(N)ccnc32)[C@H](O)[C@@H]1O.C=P(C)(C)CC[C@H]1OC(n2c(Cl)nc3c(N)ccnc32)[C@H](O)[C@@H]1O.C=P(C)(C)CC[C@H]1OC(n2c(F)nc3c(N)ccnc32)[C@H](O)[C@@H]1O.C=P(C)(C)CC[C@H]1OC(n2c(I)nc3c(N)ccnc32)[C@H](O)[C@@H]1O. The monoisotopic (exact) mass is 2000 g/mol. The molecule has 0 bridgehead atoms. The van der Waals surface area contributed by atoms with Gasteiger partial charge in [0.05, 0.1) is 59.0 Å². The Labute approximate surface area is 741 Å². The molecule has 10 aromatic rings. The van der Waals surface area contributed by atoms with Gasteiger partial charge in [0.1, 0.15) is 94.4 Å². The van der Waals surface area contributed by atoms with Crippen LogP contribution in [0.15, 0.2) is 66.0 Å². The number of unbranched alkanes of at least 4 members (excludes halogenated alkanes) is 1. The molecule has 5 saturated heterocycles. The molecule has 0 aliphatic carbocycles. The number of hydrogen-bond acceptors (Lipinski definition) is 30. The van der Waals surface area contributed by atoms with E-state index in [1.54, 1.807) is 52.0 Å². The number of halogens is 4. The lowest BCUT2D eigenvalue weighted by Crippen LogP contribution is -2.32. The maximum atomic E-state index is 14.3. The number of ether oxygens (including phenoxy) is 5. The van der Waals surface area contributed by atoms with E-state index in [1.807, 2.05) is 4.57 Å². The predicted molar refractivity (Wildman–Crippen MR) is 510 cm³/mol. The van der Waals surface area contributed by atoms with Crippen LogP contribution in [0.5, 0.6) is 0 Å². The molecular formula is C79H119BrClFIN20O15P5. The lowest BCUT2D eigenvalue weighted by Gasteiger charge is -2.20. The largest absolute Gasteiger partial charge is 0.397 e. The van der Waals surface area contributed by atoms with E-state index in [1.165, 1.54) is 23.0 Å². The summed E-state index contributed by atoms with van der Waals surface area (Å²) >= 11 is 11.6. The molecule has 10 aromatic heterocycles. The Morgan fingerprint density at radius 3 is 0.992 bits per heavy atom. The molecule has 15 rings (SSSR count). The van der Waals surface area contributed by atoms with Crippen molar-refractivity contribution in [3.63, 3.8) is 0 Å². The van der Waals surface area contributed by atoms with Crippen LogP contribution in [0.2, 0.25) is 5.28 Å². The van der Waals surface area contributed by atoms with Gasteiger partial charge in [-0.05, 0) is 194 Å². The summed E-state index contributed by atoms with van der Waals surface area (Å²) in [4.78, 5) is 42.7. The first-order chi connectivity index (χ1) is 57.5.